The average Bonchev–Trinajstić information content (AvgIpc) is 2.58. The molecule has 1 aliphatic heterocycles. The van der Waals surface area contributed by atoms with Crippen LogP contribution in [0.5, 0.6) is 0 Å². The van der Waals surface area contributed by atoms with Gasteiger partial charge in [-0.1, -0.05) is 71.9 Å². The van der Waals surface area contributed by atoms with Crippen molar-refractivity contribution in [3.63, 3.8) is 0 Å². The van der Waals surface area contributed by atoms with Crippen LogP contribution in [0.4, 0.5) is 0 Å². The van der Waals surface area contributed by atoms with Crippen LogP contribution in [0, 0.1) is 5.92 Å². The van der Waals surface area contributed by atoms with Crippen molar-refractivity contribution in [3.8, 4) is 0 Å². The maximum absolute atomic E-state index is 6.28. The minimum Gasteiger partial charge on any atom is -0.337 e. The number of rotatable bonds is 4. The third kappa shape index (κ3) is 3.43. The molecule has 0 N–H and O–H groups in total. The van der Waals surface area contributed by atoms with Gasteiger partial charge >= 0.3 is 0 Å². The first kappa shape index (κ1) is 16.8. The highest BCUT2D eigenvalue weighted by Crippen LogP contribution is 2.50. The molecular formula is C10H16Cl5N3. The second-order valence-electron chi connectivity index (χ2n) is 4.57. The zero-order valence-electron chi connectivity index (χ0n) is 10.4. The van der Waals surface area contributed by atoms with Crippen molar-refractivity contribution in [1.82, 2.24) is 9.91 Å². The molecule has 106 valence electrons. The molecule has 0 spiro atoms. The smallest absolute Gasteiger partial charge is 0.227 e. The number of hydrogen-bond acceptors (Lipinski definition) is 3. The lowest BCUT2D eigenvalue weighted by molar-refractivity contribution is 0.114. The van der Waals surface area contributed by atoms with Gasteiger partial charge in [0.1, 0.15) is 6.34 Å². The fourth-order valence-electron chi connectivity index (χ4n) is 1.80. The van der Waals surface area contributed by atoms with E-state index in [2.05, 4.69) is 18.9 Å². The van der Waals surface area contributed by atoms with Gasteiger partial charge in [-0.2, -0.15) is 5.10 Å². The van der Waals surface area contributed by atoms with Crippen molar-refractivity contribution in [2.45, 2.75) is 35.1 Å². The molecule has 18 heavy (non-hydrogen) atoms. The van der Waals surface area contributed by atoms with Gasteiger partial charge in [-0.25, -0.2) is 0 Å². The maximum atomic E-state index is 6.28. The minimum absolute atomic E-state index is 0.412. The highest BCUT2D eigenvalue weighted by atomic mass is 35.6. The Morgan fingerprint density at radius 2 is 1.78 bits per heavy atom. The Balaban J connectivity index is 3.00. The predicted molar refractivity (Wildman–Crippen MR) is 80.9 cm³/mol. The first-order valence-electron chi connectivity index (χ1n) is 5.62. The van der Waals surface area contributed by atoms with Gasteiger partial charge in [0, 0.05) is 13.1 Å². The van der Waals surface area contributed by atoms with Crippen LogP contribution in [0.25, 0.3) is 0 Å². The Morgan fingerprint density at radius 1 is 1.22 bits per heavy atom. The highest BCUT2D eigenvalue weighted by Gasteiger charge is 2.57. The van der Waals surface area contributed by atoms with E-state index < -0.39 is 14.3 Å². The molecule has 1 atom stereocenters. The number of nitrogens with zero attached hydrogens (tertiary/aromatic N) is 3. The van der Waals surface area contributed by atoms with Crippen molar-refractivity contribution in [3.05, 3.63) is 0 Å². The molecule has 0 saturated heterocycles. The largest absolute Gasteiger partial charge is 0.337 e. The first-order chi connectivity index (χ1) is 8.11. The third-order valence-corrected chi connectivity index (χ3v) is 4.98. The molecule has 0 aromatic carbocycles. The van der Waals surface area contributed by atoms with Crippen molar-refractivity contribution in [1.29, 1.82) is 0 Å². The summed E-state index contributed by atoms with van der Waals surface area (Å²) in [7, 11) is 0. The molecule has 0 aromatic rings. The van der Waals surface area contributed by atoms with Gasteiger partial charge in [0.15, 0.2) is 6.17 Å². The number of halogens is 5. The van der Waals surface area contributed by atoms with E-state index in [4.69, 9.17) is 58.0 Å². The Labute approximate surface area is 133 Å². The van der Waals surface area contributed by atoms with Gasteiger partial charge < -0.3 is 4.90 Å². The maximum Gasteiger partial charge on any atom is 0.227 e. The van der Waals surface area contributed by atoms with E-state index in [0.29, 0.717) is 12.5 Å². The van der Waals surface area contributed by atoms with Crippen LogP contribution in [0.15, 0.2) is 5.10 Å². The van der Waals surface area contributed by atoms with E-state index in [1.165, 1.54) is 0 Å². The van der Waals surface area contributed by atoms with E-state index in [1.54, 1.807) is 11.3 Å². The molecule has 1 rings (SSSR count). The molecule has 0 radical (unpaired) electrons. The van der Waals surface area contributed by atoms with Crippen LogP contribution in [-0.4, -0.2) is 43.6 Å². The lowest BCUT2D eigenvalue weighted by Gasteiger charge is -2.41. The first-order valence-corrected chi connectivity index (χ1v) is 7.51. The molecule has 1 unspecified atom stereocenters. The second-order valence-corrected chi connectivity index (χ2v) is 8.24. The summed E-state index contributed by atoms with van der Waals surface area (Å²) in [6, 6.07) is 0. The van der Waals surface area contributed by atoms with E-state index in [1.807, 2.05) is 11.8 Å². The molecule has 0 amide bonds. The van der Waals surface area contributed by atoms with Gasteiger partial charge in [0.25, 0.3) is 0 Å². The summed E-state index contributed by atoms with van der Waals surface area (Å²) in [6.07, 6.45) is 1.19. The molecule has 8 heteroatoms. The summed E-state index contributed by atoms with van der Waals surface area (Å²) in [4.78, 5) is 1.90. The standard InChI is InChI=1S/C10H16Cl5N3/c1-4-18-8(9(11,12)10(13,14)15)17(6-16-18)5-7(2)3/h6-8H,4-5H2,1-3H3. The molecule has 0 aromatic heterocycles. The van der Waals surface area contributed by atoms with Crippen LogP contribution in [0.3, 0.4) is 0 Å². The van der Waals surface area contributed by atoms with Gasteiger partial charge in [-0.05, 0) is 12.8 Å². The Kier molecular flexibility index (Phi) is 5.60. The van der Waals surface area contributed by atoms with Gasteiger partial charge in [0.05, 0.1) is 0 Å². The van der Waals surface area contributed by atoms with E-state index >= 15 is 0 Å². The Bertz CT molecular complexity index is 313. The fraction of sp³-hybridized carbons (Fsp3) is 0.900. The molecule has 0 bridgehead atoms. The van der Waals surface area contributed by atoms with Crippen molar-refractivity contribution < 1.29 is 0 Å². The lowest BCUT2D eigenvalue weighted by Crippen LogP contribution is -2.57. The normalized spacial score (nSPS) is 21.3. The summed E-state index contributed by atoms with van der Waals surface area (Å²) >= 11 is 30.2. The van der Waals surface area contributed by atoms with Crippen LogP contribution >= 0.6 is 58.0 Å². The van der Waals surface area contributed by atoms with Crippen molar-refractivity contribution >= 4 is 64.3 Å². The topological polar surface area (TPSA) is 18.8 Å². The van der Waals surface area contributed by atoms with Crippen molar-refractivity contribution in [2.75, 3.05) is 13.1 Å². The van der Waals surface area contributed by atoms with Crippen LogP contribution < -0.4 is 0 Å². The van der Waals surface area contributed by atoms with Crippen LogP contribution in [0.2, 0.25) is 0 Å². The monoisotopic (exact) mass is 353 g/mol. The fourth-order valence-corrected chi connectivity index (χ4v) is 2.56. The molecule has 0 fully saturated rings. The zero-order chi connectivity index (χ0) is 14.1. The van der Waals surface area contributed by atoms with Gasteiger partial charge in [0.2, 0.25) is 8.13 Å². The van der Waals surface area contributed by atoms with Crippen LogP contribution in [-0.2, 0) is 0 Å². The molecule has 3 nitrogen and oxygen atoms in total. The summed E-state index contributed by atoms with van der Waals surface area (Å²) in [5.74, 6) is 0.412. The van der Waals surface area contributed by atoms with Crippen molar-refractivity contribution in [2.24, 2.45) is 11.0 Å². The number of hydrogen-bond donors (Lipinski definition) is 0. The zero-order valence-corrected chi connectivity index (χ0v) is 14.2. The lowest BCUT2D eigenvalue weighted by atomic mass is 10.2. The van der Waals surface area contributed by atoms with E-state index in [-0.39, 0.29) is 0 Å². The summed E-state index contributed by atoms with van der Waals surface area (Å²) < 4.78 is -3.39. The SMILES string of the molecule is CCN1N=CN(CC(C)C)C1C(Cl)(Cl)C(Cl)(Cl)Cl. The molecular weight excluding hydrogens is 339 g/mol. The molecule has 0 aliphatic carbocycles. The molecule has 1 heterocycles. The average molecular weight is 356 g/mol. The van der Waals surface area contributed by atoms with Gasteiger partial charge in [-0.15, -0.1) is 0 Å². The quantitative estimate of drug-likeness (QED) is 0.707. The summed E-state index contributed by atoms with van der Waals surface area (Å²) in [5, 5.41) is 5.95. The molecule has 0 saturated carbocycles. The van der Waals surface area contributed by atoms with E-state index in [0.717, 1.165) is 6.54 Å². The Morgan fingerprint density at radius 3 is 2.17 bits per heavy atom. The number of hydrazone groups is 1. The highest BCUT2D eigenvalue weighted by molar-refractivity contribution is 6.75. The number of alkyl halides is 5. The molecule has 1 aliphatic rings. The second kappa shape index (κ2) is 6.01. The van der Waals surface area contributed by atoms with E-state index in [9.17, 15) is 0 Å². The Hall–Kier alpha value is 0.720. The van der Waals surface area contributed by atoms with Crippen LogP contribution in [0.1, 0.15) is 20.8 Å². The summed E-state index contributed by atoms with van der Waals surface area (Å²) in [5.41, 5.74) is 0. The predicted octanol–water partition coefficient (Wildman–Crippen LogP) is 4.09. The summed E-state index contributed by atoms with van der Waals surface area (Å²) in [6.45, 7) is 7.45. The minimum atomic E-state index is -1.81. The van der Waals surface area contributed by atoms with Gasteiger partial charge in [-0.3, -0.25) is 5.01 Å². The third-order valence-electron chi connectivity index (χ3n) is 2.55.